The van der Waals surface area contributed by atoms with Crippen molar-refractivity contribution in [1.82, 2.24) is 15.8 Å². The van der Waals surface area contributed by atoms with E-state index in [0.29, 0.717) is 13.1 Å². The number of carbonyl (C=O) groups is 1. The fraction of sp³-hybridized carbons (Fsp3) is 0.444. The van der Waals surface area contributed by atoms with Gasteiger partial charge in [-0.2, -0.15) is 0 Å². The number of hydrogen-bond donors (Lipinski definition) is 2. The summed E-state index contributed by atoms with van der Waals surface area (Å²) in [4.78, 5) is 14.4. The standard InChI is InChI=1S/C18H24N4O2/c1-12(22-9-8-15-6-4-5-7-17(15)22)10-19-18(23)20-11-16-13(2)21-24-14(16)3/h4-7,12H,8-11H2,1-3H3,(H2,19,20,23)/t12-/m0/s1. The second-order valence-electron chi connectivity index (χ2n) is 6.29. The molecule has 1 aromatic carbocycles. The van der Waals surface area contributed by atoms with Crippen molar-refractivity contribution in [2.24, 2.45) is 0 Å². The van der Waals surface area contributed by atoms with Crippen LogP contribution in [0.2, 0.25) is 0 Å². The molecule has 1 aromatic heterocycles. The summed E-state index contributed by atoms with van der Waals surface area (Å²) >= 11 is 0. The number of urea groups is 1. The number of nitrogens with one attached hydrogen (secondary N) is 2. The molecule has 128 valence electrons. The second kappa shape index (κ2) is 6.95. The number of rotatable bonds is 5. The van der Waals surface area contributed by atoms with Crippen LogP contribution in [0.25, 0.3) is 0 Å². The Morgan fingerprint density at radius 1 is 1.33 bits per heavy atom. The summed E-state index contributed by atoms with van der Waals surface area (Å²) in [6, 6.07) is 8.54. The minimum Gasteiger partial charge on any atom is -0.366 e. The molecule has 1 atom stereocenters. The van der Waals surface area contributed by atoms with E-state index in [1.807, 2.05) is 13.8 Å². The molecule has 0 fully saturated rings. The van der Waals surface area contributed by atoms with Crippen LogP contribution in [0.5, 0.6) is 0 Å². The highest BCUT2D eigenvalue weighted by Gasteiger charge is 2.23. The fourth-order valence-corrected chi connectivity index (χ4v) is 3.16. The van der Waals surface area contributed by atoms with Crippen molar-refractivity contribution in [2.75, 3.05) is 18.0 Å². The zero-order valence-electron chi connectivity index (χ0n) is 14.4. The number of amides is 2. The van der Waals surface area contributed by atoms with E-state index in [2.05, 4.69) is 51.9 Å². The first kappa shape index (κ1) is 16.4. The number of aryl methyl sites for hydroxylation is 2. The Hall–Kier alpha value is -2.50. The predicted octanol–water partition coefficient (Wildman–Crippen LogP) is 2.54. The molecule has 0 unspecified atom stereocenters. The Morgan fingerprint density at radius 2 is 2.12 bits per heavy atom. The number of anilines is 1. The summed E-state index contributed by atoms with van der Waals surface area (Å²) in [6.45, 7) is 7.88. The smallest absolute Gasteiger partial charge is 0.315 e. The molecule has 0 saturated heterocycles. The number of aromatic nitrogens is 1. The van der Waals surface area contributed by atoms with Crippen LogP contribution in [0.15, 0.2) is 28.8 Å². The number of fused-ring (bicyclic) bond motifs is 1. The molecule has 0 radical (unpaired) electrons. The molecule has 0 aliphatic carbocycles. The maximum atomic E-state index is 12.0. The first-order chi connectivity index (χ1) is 11.6. The van der Waals surface area contributed by atoms with Gasteiger partial charge in [0.2, 0.25) is 0 Å². The third kappa shape index (κ3) is 3.37. The van der Waals surface area contributed by atoms with E-state index < -0.39 is 0 Å². The maximum absolute atomic E-state index is 12.0. The summed E-state index contributed by atoms with van der Waals surface area (Å²) < 4.78 is 5.10. The lowest BCUT2D eigenvalue weighted by Crippen LogP contribution is -2.44. The lowest BCUT2D eigenvalue weighted by molar-refractivity contribution is 0.240. The van der Waals surface area contributed by atoms with Gasteiger partial charge in [0.05, 0.1) is 5.69 Å². The average molecular weight is 328 g/mol. The first-order valence-corrected chi connectivity index (χ1v) is 8.34. The normalized spacial score (nSPS) is 14.4. The van der Waals surface area contributed by atoms with Gasteiger partial charge < -0.3 is 20.1 Å². The topological polar surface area (TPSA) is 70.4 Å². The van der Waals surface area contributed by atoms with E-state index in [0.717, 1.165) is 30.0 Å². The number of benzene rings is 1. The van der Waals surface area contributed by atoms with Crippen LogP contribution in [0.3, 0.4) is 0 Å². The van der Waals surface area contributed by atoms with E-state index in [4.69, 9.17) is 4.52 Å². The Kier molecular flexibility index (Phi) is 4.74. The van der Waals surface area contributed by atoms with Crippen molar-refractivity contribution in [3.63, 3.8) is 0 Å². The van der Waals surface area contributed by atoms with Crippen LogP contribution < -0.4 is 15.5 Å². The Morgan fingerprint density at radius 3 is 2.88 bits per heavy atom. The van der Waals surface area contributed by atoms with Crippen molar-refractivity contribution >= 4 is 11.7 Å². The van der Waals surface area contributed by atoms with E-state index in [9.17, 15) is 4.79 Å². The number of hydrogen-bond acceptors (Lipinski definition) is 4. The van der Waals surface area contributed by atoms with Gasteiger partial charge in [-0.3, -0.25) is 0 Å². The van der Waals surface area contributed by atoms with Crippen LogP contribution >= 0.6 is 0 Å². The van der Waals surface area contributed by atoms with Gasteiger partial charge in [-0.15, -0.1) is 0 Å². The van der Waals surface area contributed by atoms with E-state index in [1.165, 1.54) is 11.3 Å². The number of carbonyl (C=O) groups excluding carboxylic acids is 1. The van der Waals surface area contributed by atoms with Gasteiger partial charge in [-0.25, -0.2) is 4.79 Å². The Bertz CT molecular complexity index is 706. The zero-order valence-corrected chi connectivity index (χ0v) is 14.4. The molecule has 2 heterocycles. The lowest BCUT2D eigenvalue weighted by Gasteiger charge is -2.27. The summed E-state index contributed by atoms with van der Waals surface area (Å²) in [6.07, 6.45) is 1.07. The predicted molar refractivity (Wildman–Crippen MR) is 93.2 cm³/mol. The molecule has 0 saturated carbocycles. The van der Waals surface area contributed by atoms with Crippen molar-refractivity contribution in [3.05, 3.63) is 46.8 Å². The highest BCUT2D eigenvalue weighted by atomic mass is 16.5. The van der Waals surface area contributed by atoms with Crippen molar-refractivity contribution in [1.29, 1.82) is 0 Å². The molecule has 0 spiro atoms. The molecule has 1 aliphatic rings. The highest BCUT2D eigenvalue weighted by Crippen LogP contribution is 2.28. The number of para-hydroxylation sites is 1. The van der Waals surface area contributed by atoms with E-state index in [1.54, 1.807) is 0 Å². The minimum atomic E-state index is -0.172. The monoisotopic (exact) mass is 328 g/mol. The van der Waals surface area contributed by atoms with E-state index >= 15 is 0 Å². The summed E-state index contributed by atoms with van der Waals surface area (Å²) in [5.41, 5.74) is 4.41. The third-order valence-electron chi connectivity index (χ3n) is 4.62. The molecule has 3 rings (SSSR count). The minimum absolute atomic E-state index is 0.172. The molecule has 2 amide bonds. The fourth-order valence-electron chi connectivity index (χ4n) is 3.16. The van der Waals surface area contributed by atoms with Gasteiger partial charge in [-0.1, -0.05) is 23.4 Å². The van der Waals surface area contributed by atoms with Crippen molar-refractivity contribution < 1.29 is 9.32 Å². The first-order valence-electron chi connectivity index (χ1n) is 8.34. The van der Waals surface area contributed by atoms with Crippen LogP contribution in [0.1, 0.15) is 29.5 Å². The lowest BCUT2D eigenvalue weighted by atomic mass is 10.2. The van der Waals surface area contributed by atoms with Crippen molar-refractivity contribution in [3.8, 4) is 0 Å². The van der Waals surface area contributed by atoms with Crippen LogP contribution in [0.4, 0.5) is 10.5 Å². The highest BCUT2D eigenvalue weighted by molar-refractivity contribution is 5.74. The molecule has 24 heavy (non-hydrogen) atoms. The van der Waals surface area contributed by atoms with Gasteiger partial charge in [0.25, 0.3) is 0 Å². The molecule has 1 aliphatic heterocycles. The van der Waals surface area contributed by atoms with Gasteiger partial charge >= 0.3 is 6.03 Å². The van der Waals surface area contributed by atoms with Crippen LogP contribution in [0, 0.1) is 13.8 Å². The van der Waals surface area contributed by atoms with Gasteiger partial charge in [0, 0.05) is 36.9 Å². The van der Waals surface area contributed by atoms with Crippen molar-refractivity contribution in [2.45, 2.75) is 39.8 Å². The Labute approximate surface area is 142 Å². The molecule has 6 heteroatoms. The van der Waals surface area contributed by atoms with Crippen LogP contribution in [-0.2, 0) is 13.0 Å². The van der Waals surface area contributed by atoms with Crippen LogP contribution in [-0.4, -0.2) is 30.3 Å². The molecular weight excluding hydrogens is 304 g/mol. The average Bonchev–Trinajstić information content (AvgIpc) is 3.15. The largest absolute Gasteiger partial charge is 0.366 e. The van der Waals surface area contributed by atoms with Gasteiger partial charge in [0.15, 0.2) is 0 Å². The van der Waals surface area contributed by atoms with Gasteiger partial charge in [-0.05, 0) is 38.8 Å². The number of nitrogens with zero attached hydrogens (tertiary/aromatic N) is 2. The molecule has 2 aromatic rings. The SMILES string of the molecule is Cc1noc(C)c1CNC(=O)NC[C@H](C)N1CCc2ccccc21. The molecular formula is C18H24N4O2. The zero-order chi connectivity index (χ0) is 17.1. The third-order valence-corrected chi connectivity index (χ3v) is 4.62. The molecule has 6 nitrogen and oxygen atoms in total. The maximum Gasteiger partial charge on any atom is 0.315 e. The molecule has 2 N–H and O–H groups in total. The second-order valence-corrected chi connectivity index (χ2v) is 6.29. The Balaban J connectivity index is 1.48. The van der Waals surface area contributed by atoms with E-state index in [-0.39, 0.29) is 12.1 Å². The summed E-state index contributed by atoms with van der Waals surface area (Å²) in [7, 11) is 0. The quantitative estimate of drug-likeness (QED) is 0.885. The van der Waals surface area contributed by atoms with Gasteiger partial charge in [0.1, 0.15) is 5.76 Å². The summed E-state index contributed by atoms with van der Waals surface area (Å²) in [5, 5.41) is 9.70. The summed E-state index contributed by atoms with van der Waals surface area (Å²) in [5.74, 6) is 0.745. The molecule has 0 bridgehead atoms.